The van der Waals surface area contributed by atoms with E-state index in [4.69, 9.17) is 5.73 Å². The van der Waals surface area contributed by atoms with Gasteiger partial charge in [-0.25, -0.2) is 0 Å². The van der Waals surface area contributed by atoms with Gasteiger partial charge < -0.3 is 20.7 Å². The van der Waals surface area contributed by atoms with Gasteiger partial charge in [0, 0.05) is 18.3 Å². The van der Waals surface area contributed by atoms with Crippen LogP contribution in [0.5, 0.6) is 5.75 Å². The predicted octanol–water partition coefficient (Wildman–Crippen LogP) is 2.65. The van der Waals surface area contributed by atoms with E-state index in [9.17, 15) is 13.2 Å². The standard InChI is InChI=1S/C14H21F3N4O/c1-10(2)21(3)9-8-19-13(18)20-11-4-6-12(7-5-11)22-14(15,16)17/h4-7,10H,8-9H2,1-3H3,(H3,18,19,20). The molecular weight excluding hydrogens is 297 g/mol. The lowest BCUT2D eigenvalue weighted by atomic mass is 10.3. The van der Waals surface area contributed by atoms with Crippen molar-refractivity contribution in [3.63, 3.8) is 0 Å². The van der Waals surface area contributed by atoms with Crippen molar-refractivity contribution in [1.82, 2.24) is 4.90 Å². The molecule has 1 rings (SSSR count). The molecule has 0 unspecified atom stereocenters. The minimum atomic E-state index is -4.70. The van der Waals surface area contributed by atoms with Crippen molar-refractivity contribution in [3.05, 3.63) is 24.3 Å². The Morgan fingerprint density at radius 3 is 2.41 bits per heavy atom. The van der Waals surface area contributed by atoms with Crippen LogP contribution in [-0.4, -0.2) is 43.4 Å². The van der Waals surface area contributed by atoms with Gasteiger partial charge in [0.15, 0.2) is 5.96 Å². The first-order valence-electron chi connectivity index (χ1n) is 6.80. The number of hydrogen-bond acceptors (Lipinski definition) is 3. The van der Waals surface area contributed by atoms with E-state index in [0.29, 0.717) is 18.3 Å². The molecule has 0 atom stereocenters. The van der Waals surface area contributed by atoms with Crippen molar-refractivity contribution >= 4 is 11.6 Å². The molecule has 0 heterocycles. The van der Waals surface area contributed by atoms with Crippen LogP contribution < -0.4 is 15.8 Å². The van der Waals surface area contributed by atoms with E-state index in [1.165, 1.54) is 24.3 Å². The van der Waals surface area contributed by atoms with Crippen LogP contribution in [0.2, 0.25) is 0 Å². The van der Waals surface area contributed by atoms with Crippen molar-refractivity contribution < 1.29 is 17.9 Å². The first-order valence-corrected chi connectivity index (χ1v) is 6.80. The third-order valence-corrected chi connectivity index (χ3v) is 2.98. The second-order valence-corrected chi connectivity index (χ2v) is 5.04. The number of likely N-dealkylation sites (N-methyl/N-ethyl adjacent to an activating group) is 1. The quantitative estimate of drug-likeness (QED) is 0.625. The monoisotopic (exact) mass is 318 g/mol. The van der Waals surface area contributed by atoms with Gasteiger partial charge in [0.25, 0.3) is 0 Å². The lowest BCUT2D eigenvalue weighted by molar-refractivity contribution is -0.274. The third-order valence-electron chi connectivity index (χ3n) is 2.98. The molecular formula is C14H21F3N4O. The Labute approximate surface area is 128 Å². The van der Waals surface area contributed by atoms with Crippen molar-refractivity contribution in [3.8, 4) is 5.75 Å². The molecule has 0 aliphatic rings. The zero-order valence-corrected chi connectivity index (χ0v) is 12.8. The molecule has 1 aromatic rings. The van der Waals surface area contributed by atoms with E-state index in [-0.39, 0.29) is 11.7 Å². The Morgan fingerprint density at radius 1 is 1.32 bits per heavy atom. The maximum atomic E-state index is 12.0. The average Bonchev–Trinajstić information content (AvgIpc) is 2.39. The number of ether oxygens (including phenoxy) is 1. The fraction of sp³-hybridized carbons (Fsp3) is 0.500. The summed E-state index contributed by atoms with van der Waals surface area (Å²) in [6, 6.07) is 5.70. The summed E-state index contributed by atoms with van der Waals surface area (Å²) in [6.45, 7) is 5.45. The number of nitrogens with zero attached hydrogens (tertiary/aromatic N) is 2. The molecule has 8 heteroatoms. The summed E-state index contributed by atoms with van der Waals surface area (Å²) in [5.74, 6) is -0.0752. The number of anilines is 1. The minimum absolute atomic E-state index is 0.210. The Morgan fingerprint density at radius 2 is 1.91 bits per heavy atom. The molecule has 5 nitrogen and oxygen atoms in total. The maximum Gasteiger partial charge on any atom is 0.573 e. The Bertz CT molecular complexity index is 486. The van der Waals surface area contributed by atoms with Crippen LogP contribution in [0.3, 0.4) is 0 Å². The highest BCUT2D eigenvalue weighted by Gasteiger charge is 2.30. The number of nitrogens with one attached hydrogen (secondary N) is 1. The van der Waals surface area contributed by atoms with E-state index < -0.39 is 6.36 Å². The predicted molar refractivity (Wildman–Crippen MR) is 81.0 cm³/mol. The van der Waals surface area contributed by atoms with Crippen LogP contribution in [-0.2, 0) is 0 Å². The van der Waals surface area contributed by atoms with Gasteiger partial charge in [0.05, 0.1) is 6.54 Å². The van der Waals surface area contributed by atoms with Crippen LogP contribution in [0.4, 0.5) is 18.9 Å². The molecule has 124 valence electrons. The summed E-state index contributed by atoms with van der Waals surface area (Å²) < 4.78 is 39.9. The van der Waals surface area contributed by atoms with E-state index in [1.807, 2.05) is 7.05 Å². The number of nitrogens with two attached hydrogens (primary N) is 1. The van der Waals surface area contributed by atoms with E-state index in [1.54, 1.807) is 0 Å². The zero-order chi connectivity index (χ0) is 16.8. The Hall–Kier alpha value is -1.96. The van der Waals surface area contributed by atoms with Gasteiger partial charge in [0.2, 0.25) is 0 Å². The number of rotatable bonds is 6. The van der Waals surface area contributed by atoms with Gasteiger partial charge in [-0.3, -0.25) is 4.99 Å². The molecule has 0 saturated heterocycles. The molecule has 0 saturated carbocycles. The first-order chi connectivity index (χ1) is 10.2. The van der Waals surface area contributed by atoms with Crippen LogP contribution in [0, 0.1) is 0 Å². The van der Waals surface area contributed by atoms with Crippen molar-refractivity contribution in [2.24, 2.45) is 10.7 Å². The molecule has 0 radical (unpaired) electrons. The topological polar surface area (TPSA) is 62.9 Å². The zero-order valence-electron chi connectivity index (χ0n) is 12.8. The summed E-state index contributed by atoms with van der Waals surface area (Å²) in [5.41, 5.74) is 6.25. The number of hydrogen-bond donors (Lipinski definition) is 2. The summed E-state index contributed by atoms with van der Waals surface area (Å²) in [7, 11) is 1.99. The van der Waals surface area contributed by atoms with Gasteiger partial charge >= 0.3 is 6.36 Å². The van der Waals surface area contributed by atoms with Gasteiger partial charge in [0.1, 0.15) is 5.75 Å². The average molecular weight is 318 g/mol. The minimum Gasteiger partial charge on any atom is -0.406 e. The number of alkyl halides is 3. The SMILES string of the molecule is CC(C)N(C)CCN=C(N)Nc1ccc(OC(F)(F)F)cc1. The van der Waals surface area contributed by atoms with E-state index in [0.717, 1.165) is 6.54 Å². The van der Waals surface area contributed by atoms with Crippen molar-refractivity contribution in [1.29, 1.82) is 0 Å². The Balaban J connectivity index is 2.49. The summed E-state index contributed by atoms with van der Waals surface area (Å²) in [6.07, 6.45) is -4.70. The van der Waals surface area contributed by atoms with Gasteiger partial charge in [-0.05, 0) is 45.2 Å². The lowest BCUT2D eigenvalue weighted by Gasteiger charge is -2.19. The first kappa shape index (κ1) is 18.1. The molecule has 0 aliphatic carbocycles. The number of benzene rings is 1. The number of guanidine groups is 1. The summed E-state index contributed by atoms with van der Waals surface area (Å²) in [4.78, 5) is 6.28. The highest BCUT2D eigenvalue weighted by atomic mass is 19.4. The molecule has 0 aromatic heterocycles. The molecule has 0 spiro atoms. The Kier molecular flexibility index (Phi) is 6.48. The number of halogens is 3. The van der Waals surface area contributed by atoms with E-state index in [2.05, 4.69) is 33.8 Å². The highest BCUT2D eigenvalue weighted by molar-refractivity contribution is 5.92. The highest BCUT2D eigenvalue weighted by Crippen LogP contribution is 2.23. The largest absolute Gasteiger partial charge is 0.573 e. The van der Waals surface area contributed by atoms with Gasteiger partial charge in [-0.1, -0.05) is 0 Å². The summed E-state index contributed by atoms with van der Waals surface area (Å²) >= 11 is 0. The number of aliphatic imine (C=N–C) groups is 1. The third kappa shape index (κ3) is 7.16. The molecule has 0 aliphatic heterocycles. The second kappa shape index (κ2) is 7.88. The van der Waals surface area contributed by atoms with Crippen LogP contribution in [0.25, 0.3) is 0 Å². The van der Waals surface area contributed by atoms with E-state index >= 15 is 0 Å². The molecule has 0 fully saturated rings. The maximum absolute atomic E-state index is 12.0. The second-order valence-electron chi connectivity index (χ2n) is 5.04. The van der Waals surface area contributed by atoms with Crippen molar-refractivity contribution in [2.45, 2.75) is 26.3 Å². The summed E-state index contributed by atoms with van der Waals surface area (Å²) in [5, 5.41) is 2.81. The molecule has 0 bridgehead atoms. The molecule has 3 N–H and O–H groups in total. The molecule has 0 amide bonds. The van der Waals surface area contributed by atoms with Crippen LogP contribution in [0.1, 0.15) is 13.8 Å². The van der Waals surface area contributed by atoms with Crippen molar-refractivity contribution in [2.75, 3.05) is 25.5 Å². The van der Waals surface area contributed by atoms with Crippen LogP contribution in [0.15, 0.2) is 29.3 Å². The molecule has 22 heavy (non-hydrogen) atoms. The van der Waals surface area contributed by atoms with Crippen LogP contribution >= 0.6 is 0 Å². The van der Waals surface area contributed by atoms with Gasteiger partial charge in [-0.2, -0.15) is 0 Å². The fourth-order valence-corrected chi connectivity index (χ4v) is 1.51. The smallest absolute Gasteiger partial charge is 0.406 e. The molecule has 1 aromatic carbocycles. The lowest BCUT2D eigenvalue weighted by Crippen LogP contribution is -2.30. The normalized spacial score (nSPS) is 12.8. The van der Waals surface area contributed by atoms with Gasteiger partial charge in [-0.15, -0.1) is 13.2 Å². The fourth-order valence-electron chi connectivity index (χ4n) is 1.51.